The number of aromatic nitrogens is 2. The minimum absolute atomic E-state index is 0.0203. The van der Waals surface area contributed by atoms with E-state index >= 15 is 0 Å². The molecule has 1 aliphatic heterocycles. The Balaban J connectivity index is 0.000000187. The Hall–Kier alpha value is -6.22. The Kier molecular flexibility index (Phi) is 10.7. The fraction of sp³-hybridized carbons (Fsp3) is 0.225. The number of pyridine rings is 2. The van der Waals surface area contributed by atoms with E-state index < -0.39 is 35.0 Å². The van der Waals surface area contributed by atoms with E-state index in [4.69, 9.17) is 4.74 Å². The summed E-state index contributed by atoms with van der Waals surface area (Å²) in [7, 11) is 1.30. The van der Waals surface area contributed by atoms with Crippen molar-refractivity contribution in [3.63, 3.8) is 0 Å². The van der Waals surface area contributed by atoms with Crippen molar-refractivity contribution in [3.8, 4) is 0 Å². The summed E-state index contributed by atoms with van der Waals surface area (Å²) in [6, 6.07) is 17.4. The van der Waals surface area contributed by atoms with Gasteiger partial charge in [0.25, 0.3) is 11.8 Å². The number of nitrogens with zero attached hydrogens (tertiary/aromatic N) is 1. The van der Waals surface area contributed by atoms with Crippen molar-refractivity contribution in [2.75, 3.05) is 35.7 Å². The van der Waals surface area contributed by atoms with E-state index in [-0.39, 0.29) is 27.7 Å². The first-order valence-corrected chi connectivity index (χ1v) is 18.0. The van der Waals surface area contributed by atoms with E-state index in [0.717, 1.165) is 17.4 Å². The number of para-hydroxylation sites is 2. The molecule has 0 atom stereocenters. The maximum atomic E-state index is 13.5. The predicted molar refractivity (Wildman–Crippen MR) is 208 cm³/mol. The topological polar surface area (TPSA) is 153 Å². The Morgan fingerprint density at radius 3 is 1.78 bits per heavy atom. The van der Waals surface area contributed by atoms with E-state index in [2.05, 4.69) is 20.6 Å². The van der Waals surface area contributed by atoms with Crippen molar-refractivity contribution in [2.24, 2.45) is 0 Å². The van der Waals surface area contributed by atoms with Gasteiger partial charge in [-0.15, -0.1) is 11.3 Å². The van der Waals surface area contributed by atoms with Crippen molar-refractivity contribution < 1.29 is 32.3 Å². The van der Waals surface area contributed by atoms with Crippen LogP contribution < -0.4 is 26.4 Å². The highest BCUT2D eigenvalue weighted by molar-refractivity contribution is 7.11. The number of anilines is 3. The second-order valence-electron chi connectivity index (χ2n) is 13.7. The van der Waals surface area contributed by atoms with Crippen molar-refractivity contribution in [1.82, 2.24) is 9.97 Å². The first-order chi connectivity index (χ1) is 26.1. The van der Waals surface area contributed by atoms with Gasteiger partial charge in [-0.05, 0) is 54.3 Å². The number of nitrogens with one attached hydrogen (secondary N) is 4. The number of H-pyrrole nitrogens is 2. The zero-order valence-corrected chi connectivity index (χ0v) is 31.0. The summed E-state index contributed by atoms with van der Waals surface area (Å²) < 4.78 is 45.4. The molecule has 0 spiro atoms. The molecule has 1 saturated heterocycles. The van der Waals surface area contributed by atoms with Gasteiger partial charge in [0.15, 0.2) is 0 Å². The number of fused-ring (bicyclic) bond motifs is 2. The standard InChI is InChI=1S/C20H16F3N3O2.C20H20N2O4S/c21-20(22,23)15-10-12(26-8-3-9-26)6-7-17(15)25-19(28)14-11-24-16-5-2-1-4-13(16)18(14)27;1-20(2,3)17-15(19(25)26-4)14(10-27-17)22-18(24)12-9-21-13-8-6-5-7-11(13)16(12)23/h1-2,4-7,10-11H,3,8-9H2,(H,24,27)(H,25,28);5-10H,1-4H3,(H,21,23)(H,22,24). The summed E-state index contributed by atoms with van der Waals surface area (Å²) in [4.78, 5) is 71.1. The van der Waals surface area contributed by atoms with Gasteiger partial charge in [-0.1, -0.05) is 45.0 Å². The second-order valence-corrected chi connectivity index (χ2v) is 14.6. The molecule has 284 valence electrons. The number of halogens is 3. The third kappa shape index (κ3) is 8.01. The summed E-state index contributed by atoms with van der Waals surface area (Å²) in [6.45, 7) is 7.34. The van der Waals surface area contributed by atoms with Crippen LogP contribution in [0.15, 0.2) is 94.1 Å². The highest BCUT2D eigenvalue weighted by atomic mass is 32.1. The van der Waals surface area contributed by atoms with E-state index in [1.807, 2.05) is 25.7 Å². The fourth-order valence-electron chi connectivity index (χ4n) is 6.01. The molecular weight excluding hydrogens is 736 g/mol. The van der Waals surface area contributed by atoms with E-state index in [1.165, 1.54) is 43.0 Å². The van der Waals surface area contributed by atoms with Crippen LogP contribution in [0.4, 0.5) is 30.2 Å². The largest absolute Gasteiger partial charge is 0.465 e. The molecule has 4 N–H and O–H groups in total. The average molecular weight is 772 g/mol. The molecule has 3 aromatic carbocycles. The molecule has 1 aliphatic rings. The highest BCUT2D eigenvalue weighted by Crippen LogP contribution is 2.39. The monoisotopic (exact) mass is 771 g/mol. The molecule has 0 radical (unpaired) electrons. The van der Waals surface area contributed by atoms with Crippen LogP contribution in [-0.4, -0.2) is 48.0 Å². The smallest absolute Gasteiger partial charge is 0.418 e. The fourth-order valence-corrected chi connectivity index (χ4v) is 7.08. The van der Waals surface area contributed by atoms with E-state index in [9.17, 15) is 37.1 Å². The van der Waals surface area contributed by atoms with Gasteiger partial charge in [0.1, 0.15) is 11.1 Å². The maximum Gasteiger partial charge on any atom is 0.418 e. The summed E-state index contributed by atoms with van der Waals surface area (Å²) in [5, 5.41) is 7.35. The number of thiophene rings is 1. The van der Waals surface area contributed by atoms with Crippen LogP contribution in [-0.2, 0) is 16.3 Å². The predicted octanol–water partition coefficient (Wildman–Crippen LogP) is 7.94. The molecule has 0 bridgehead atoms. The lowest BCUT2D eigenvalue weighted by Crippen LogP contribution is -2.37. The molecule has 7 rings (SSSR count). The van der Waals surface area contributed by atoms with Crippen LogP contribution in [0.1, 0.15) is 68.7 Å². The van der Waals surface area contributed by atoms with Crippen LogP contribution in [0, 0.1) is 0 Å². The Bertz CT molecular complexity index is 2570. The van der Waals surface area contributed by atoms with Crippen molar-refractivity contribution in [2.45, 2.75) is 38.8 Å². The zero-order chi connectivity index (χ0) is 39.7. The van der Waals surface area contributed by atoms with Gasteiger partial charge in [0.05, 0.1) is 29.6 Å². The summed E-state index contributed by atoms with van der Waals surface area (Å²) >= 11 is 1.37. The minimum atomic E-state index is -4.64. The lowest BCUT2D eigenvalue weighted by atomic mass is 9.91. The molecule has 0 unspecified atom stereocenters. The zero-order valence-electron chi connectivity index (χ0n) is 30.1. The van der Waals surface area contributed by atoms with Crippen LogP contribution in [0.2, 0.25) is 0 Å². The Morgan fingerprint density at radius 2 is 1.31 bits per heavy atom. The number of ether oxygens (including phenoxy) is 1. The van der Waals surface area contributed by atoms with E-state index in [1.54, 1.807) is 53.9 Å². The highest BCUT2D eigenvalue weighted by Gasteiger charge is 2.35. The van der Waals surface area contributed by atoms with Crippen LogP contribution >= 0.6 is 11.3 Å². The third-order valence-corrected chi connectivity index (χ3v) is 10.4. The van der Waals surface area contributed by atoms with Gasteiger partial charge in [-0.3, -0.25) is 19.2 Å². The summed E-state index contributed by atoms with van der Waals surface area (Å²) in [5.74, 6) is -2.00. The molecule has 2 amide bonds. The molecule has 6 aromatic rings. The number of rotatable bonds is 6. The van der Waals surface area contributed by atoms with Gasteiger partial charge < -0.3 is 30.2 Å². The van der Waals surface area contributed by atoms with Crippen molar-refractivity contribution in [3.05, 3.63) is 132 Å². The molecule has 15 heteroatoms. The number of carbonyl (C=O) groups is 3. The Labute approximate surface area is 316 Å². The first kappa shape index (κ1) is 38.5. The SMILES string of the molecule is COC(=O)c1c(NC(=O)c2c[nH]c3ccccc3c2=O)csc1C(C)(C)C.O=C(Nc1ccc(N2CCC2)cc1C(F)(F)F)c1c[nH]c2ccccc2c1=O. The number of hydrogen-bond donors (Lipinski definition) is 4. The number of amides is 2. The van der Waals surface area contributed by atoms with Gasteiger partial charge in [-0.25, -0.2) is 4.79 Å². The number of aromatic amines is 2. The number of esters is 1. The number of carbonyl (C=O) groups excluding carboxylic acids is 3. The lowest BCUT2D eigenvalue weighted by Gasteiger charge is -2.33. The normalized spacial score (nSPS) is 12.7. The molecular formula is C40H36F3N5O6S. The van der Waals surface area contributed by atoms with Gasteiger partial charge in [-0.2, -0.15) is 13.2 Å². The maximum absolute atomic E-state index is 13.5. The molecule has 0 aliphatic carbocycles. The molecule has 0 saturated carbocycles. The third-order valence-electron chi connectivity index (χ3n) is 8.95. The molecule has 11 nitrogen and oxygen atoms in total. The number of alkyl halides is 3. The van der Waals surface area contributed by atoms with Crippen molar-refractivity contribution in [1.29, 1.82) is 0 Å². The quantitative estimate of drug-likeness (QED) is 0.126. The Morgan fingerprint density at radius 1 is 0.782 bits per heavy atom. The van der Waals surface area contributed by atoms with Crippen LogP contribution in [0.25, 0.3) is 21.8 Å². The molecule has 1 fully saturated rings. The summed E-state index contributed by atoms with van der Waals surface area (Å²) in [6.07, 6.45) is -1.11. The number of methoxy groups -OCH3 is 1. The molecule has 3 aromatic heterocycles. The minimum Gasteiger partial charge on any atom is -0.465 e. The second kappa shape index (κ2) is 15.3. The van der Waals surface area contributed by atoms with Gasteiger partial charge in [0.2, 0.25) is 10.9 Å². The number of hydrogen-bond acceptors (Lipinski definition) is 8. The molecule has 55 heavy (non-hydrogen) atoms. The summed E-state index contributed by atoms with van der Waals surface area (Å²) in [5.41, 5.74) is -0.486. The number of benzene rings is 3. The lowest BCUT2D eigenvalue weighted by molar-refractivity contribution is -0.136. The average Bonchev–Trinajstić information content (AvgIpc) is 3.56. The first-order valence-electron chi connectivity index (χ1n) is 17.1. The van der Waals surface area contributed by atoms with E-state index in [0.29, 0.717) is 51.8 Å². The van der Waals surface area contributed by atoms with Gasteiger partial charge >= 0.3 is 12.1 Å². The van der Waals surface area contributed by atoms with Gasteiger partial charge in [0, 0.05) is 63.2 Å². The van der Waals surface area contributed by atoms with Crippen molar-refractivity contribution >= 4 is 68.0 Å². The molecule has 4 heterocycles. The van der Waals surface area contributed by atoms with Crippen LogP contribution in [0.3, 0.4) is 0 Å². The van der Waals surface area contributed by atoms with Crippen LogP contribution in [0.5, 0.6) is 0 Å².